The monoisotopic (exact) mass is 387 g/mol. The lowest BCUT2D eigenvalue weighted by Gasteiger charge is -2.07. The Labute approximate surface area is 165 Å². The Balaban J connectivity index is 3.23. The van der Waals surface area contributed by atoms with Crippen LogP contribution >= 0.6 is 0 Å². The van der Waals surface area contributed by atoms with E-state index in [2.05, 4.69) is 12.2 Å². The van der Waals surface area contributed by atoms with Gasteiger partial charge in [-0.3, -0.25) is 4.79 Å². The van der Waals surface area contributed by atoms with Crippen LogP contribution in [-0.4, -0.2) is 45.5 Å². The second-order valence-corrected chi connectivity index (χ2v) is 6.95. The molecule has 1 N–H and O–H groups in total. The van der Waals surface area contributed by atoms with Crippen molar-refractivity contribution in [1.82, 2.24) is 5.32 Å². The molecular formula is C21H41NO5. The van der Waals surface area contributed by atoms with E-state index in [9.17, 15) is 9.59 Å². The summed E-state index contributed by atoms with van der Waals surface area (Å²) in [6.45, 7) is 3.00. The van der Waals surface area contributed by atoms with Crippen LogP contribution in [0.25, 0.3) is 0 Å². The smallest absolute Gasteiger partial charge is 0.407 e. The molecule has 0 spiro atoms. The lowest BCUT2D eigenvalue weighted by atomic mass is 10.0. The third-order valence-corrected chi connectivity index (χ3v) is 4.41. The number of ether oxygens (including phenoxy) is 3. The van der Waals surface area contributed by atoms with Gasteiger partial charge in [-0.25, -0.2) is 4.79 Å². The number of rotatable bonds is 19. The molecule has 0 bridgehead atoms. The average molecular weight is 388 g/mol. The molecule has 0 aliphatic rings. The molecular weight excluding hydrogens is 346 g/mol. The molecule has 0 aromatic carbocycles. The van der Waals surface area contributed by atoms with Crippen molar-refractivity contribution in [3.8, 4) is 0 Å². The van der Waals surface area contributed by atoms with Gasteiger partial charge in [0.25, 0.3) is 0 Å². The highest BCUT2D eigenvalue weighted by Gasteiger charge is 2.06. The fourth-order valence-corrected chi connectivity index (χ4v) is 2.77. The van der Waals surface area contributed by atoms with Gasteiger partial charge in [0.2, 0.25) is 0 Å². The van der Waals surface area contributed by atoms with Crippen LogP contribution in [0.3, 0.4) is 0 Å². The van der Waals surface area contributed by atoms with Gasteiger partial charge in [-0.15, -0.1) is 0 Å². The fourth-order valence-electron chi connectivity index (χ4n) is 2.77. The van der Waals surface area contributed by atoms with Gasteiger partial charge in [-0.05, 0) is 6.42 Å². The summed E-state index contributed by atoms with van der Waals surface area (Å²) in [5.41, 5.74) is 0. The third-order valence-electron chi connectivity index (χ3n) is 4.41. The number of carbonyl (C=O) groups is 2. The molecule has 0 radical (unpaired) electrons. The van der Waals surface area contributed by atoms with Crippen LogP contribution in [0.2, 0.25) is 0 Å². The average Bonchev–Trinajstić information content (AvgIpc) is 2.67. The number of methoxy groups -OCH3 is 1. The maximum Gasteiger partial charge on any atom is 0.407 e. The first kappa shape index (κ1) is 25.7. The van der Waals surface area contributed by atoms with E-state index < -0.39 is 12.1 Å². The van der Waals surface area contributed by atoms with Gasteiger partial charge in [-0.1, -0.05) is 84.0 Å². The van der Waals surface area contributed by atoms with Gasteiger partial charge in [0.15, 0.2) is 0 Å². The molecule has 0 atom stereocenters. The second kappa shape index (κ2) is 21.0. The minimum atomic E-state index is -0.634. The molecule has 6 nitrogen and oxygen atoms in total. The molecule has 0 saturated heterocycles. The summed E-state index contributed by atoms with van der Waals surface area (Å²) in [6.07, 6.45) is 16.1. The van der Waals surface area contributed by atoms with Crippen LogP contribution in [0.5, 0.6) is 0 Å². The zero-order valence-corrected chi connectivity index (χ0v) is 17.6. The van der Waals surface area contributed by atoms with E-state index in [0.29, 0.717) is 13.2 Å². The van der Waals surface area contributed by atoms with E-state index in [0.717, 1.165) is 12.8 Å². The summed E-state index contributed by atoms with van der Waals surface area (Å²) in [5.74, 6) is -0.433. The molecule has 1 amide bonds. The van der Waals surface area contributed by atoms with Crippen LogP contribution in [0.1, 0.15) is 90.4 Å². The maximum atomic E-state index is 11.5. The molecule has 6 heteroatoms. The standard InChI is InChI=1S/C21H41NO5/c1-3-4-5-6-7-8-9-10-11-12-13-14-15-16-26-20(23)19-22-21(24)27-18-17-25-2/h3-19H2,1-2H3,(H,22,24). The summed E-state index contributed by atoms with van der Waals surface area (Å²) in [4.78, 5) is 22.7. The number of amides is 1. The zero-order valence-electron chi connectivity index (χ0n) is 17.6. The molecule has 0 aromatic rings. The SMILES string of the molecule is CCCCCCCCCCCCCCCOC(=O)CNC(=O)OCCOC. The summed E-state index contributed by atoms with van der Waals surface area (Å²) in [5, 5.41) is 2.35. The lowest BCUT2D eigenvalue weighted by Crippen LogP contribution is -2.31. The van der Waals surface area contributed by atoms with Crippen LogP contribution < -0.4 is 5.32 Å². The largest absolute Gasteiger partial charge is 0.464 e. The molecule has 0 aliphatic carbocycles. The first-order valence-corrected chi connectivity index (χ1v) is 10.8. The highest BCUT2D eigenvalue weighted by Crippen LogP contribution is 2.12. The van der Waals surface area contributed by atoms with Crippen molar-refractivity contribution < 1.29 is 23.8 Å². The minimum Gasteiger partial charge on any atom is -0.464 e. The molecule has 0 rings (SSSR count). The number of hydrogen-bond acceptors (Lipinski definition) is 5. The maximum absolute atomic E-state index is 11.5. The Kier molecular flexibility index (Phi) is 20.0. The quantitative estimate of drug-likeness (QED) is 0.249. The van der Waals surface area contributed by atoms with Gasteiger partial charge in [-0.2, -0.15) is 0 Å². The molecule has 160 valence electrons. The van der Waals surface area contributed by atoms with Crippen molar-refractivity contribution in [2.45, 2.75) is 90.4 Å². The Morgan fingerprint density at radius 3 is 1.70 bits per heavy atom. The predicted octanol–water partition coefficient (Wildman–Crippen LogP) is 4.99. The number of unbranched alkanes of at least 4 members (excludes halogenated alkanes) is 12. The summed E-state index contributed by atoms with van der Waals surface area (Å²) >= 11 is 0. The third kappa shape index (κ3) is 20.9. The van der Waals surface area contributed by atoms with Crippen molar-refractivity contribution in [3.63, 3.8) is 0 Å². The molecule has 0 heterocycles. The van der Waals surface area contributed by atoms with Gasteiger partial charge in [0.05, 0.1) is 13.2 Å². The van der Waals surface area contributed by atoms with Crippen molar-refractivity contribution in [2.75, 3.05) is 33.5 Å². The number of hydrogen-bond donors (Lipinski definition) is 1. The van der Waals surface area contributed by atoms with Crippen LogP contribution in [0.15, 0.2) is 0 Å². The van der Waals surface area contributed by atoms with E-state index in [-0.39, 0.29) is 13.2 Å². The van der Waals surface area contributed by atoms with Crippen molar-refractivity contribution in [1.29, 1.82) is 0 Å². The summed E-state index contributed by atoms with van der Waals surface area (Å²) in [7, 11) is 1.52. The Bertz CT molecular complexity index is 349. The predicted molar refractivity (Wildman–Crippen MR) is 108 cm³/mol. The number of nitrogens with one attached hydrogen (secondary N) is 1. The molecule has 0 aliphatic heterocycles. The Morgan fingerprint density at radius 1 is 0.667 bits per heavy atom. The minimum absolute atomic E-state index is 0.162. The second-order valence-electron chi connectivity index (χ2n) is 6.95. The van der Waals surface area contributed by atoms with Gasteiger partial charge in [0.1, 0.15) is 13.2 Å². The van der Waals surface area contributed by atoms with Crippen molar-refractivity contribution in [3.05, 3.63) is 0 Å². The number of carbonyl (C=O) groups excluding carboxylic acids is 2. The summed E-state index contributed by atoms with van der Waals surface area (Å²) in [6, 6.07) is 0. The van der Waals surface area contributed by atoms with E-state index >= 15 is 0 Å². The lowest BCUT2D eigenvalue weighted by molar-refractivity contribution is -0.142. The highest BCUT2D eigenvalue weighted by molar-refractivity contribution is 5.77. The summed E-state index contributed by atoms with van der Waals surface area (Å²) < 4.78 is 14.6. The van der Waals surface area contributed by atoms with Crippen molar-refractivity contribution >= 4 is 12.1 Å². The van der Waals surface area contributed by atoms with E-state index in [1.807, 2.05) is 0 Å². The van der Waals surface area contributed by atoms with E-state index in [1.54, 1.807) is 0 Å². The fraction of sp³-hybridized carbons (Fsp3) is 0.905. The van der Waals surface area contributed by atoms with Gasteiger partial charge in [0, 0.05) is 7.11 Å². The first-order chi connectivity index (χ1) is 13.2. The van der Waals surface area contributed by atoms with Crippen molar-refractivity contribution in [2.24, 2.45) is 0 Å². The highest BCUT2D eigenvalue weighted by atomic mass is 16.6. The van der Waals surface area contributed by atoms with E-state index in [1.165, 1.54) is 77.7 Å². The van der Waals surface area contributed by atoms with Crippen LogP contribution in [0, 0.1) is 0 Å². The topological polar surface area (TPSA) is 73.9 Å². The number of alkyl carbamates (subject to hydrolysis) is 1. The molecule has 27 heavy (non-hydrogen) atoms. The zero-order chi connectivity index (χ0) is 20.0. The van der Waals surface area contributed by atoms with Crippen LogP contribution in [-0.2, 0) is 19.0 Å². The Morgan fingerprint density at radius 2 is 1.19 bits per heavy atom. The van der Waals surface area contributed by atoms with E-state index in [4.69, 9.17) is 14.2 Å². The normalized spacial score (nSPS) is 10.6. The van der Waals surface area contributed by atoms with Gasteiger partial charge >= 0.3 is 12.1 Å². The molecule has 0 fully saturated rings. The molecule has 0 aromatic heterocycles. The first-order valence-electron chi connectivity index (χ1n) is 10.8. The number of esters is 1. The van der Waals surface area contributed by atoms with Crippen LogP contribution in [0.4, 0.5) is 4.79 Å². The van der Waals surface area contributed by atoms with Gasteiger partial charge < -0.3 is 19.5 Å². The molecule has 0 saturated carbocycles. The Hall–Kier alpha value is -1.30. The molecule has 0 unspecified atom stereocenters.